The molecule has 0 bridgehead atoms. The first-order valence-electron chi connectivity index (χ1n) is 6.77. The van der Waals surface area contributed by atoms with Crippen LogP contribution < -0.4 is 5.32 Å². The van der Waals surface area contributed by atoms with Gasteiger partial charge < -0.3 is 10.3 Å². The Labute approximate surface area is 131 Å². The van der Waals surface area contributed by atoms with Crippen molar-refractivity contribution in [3.05, 3.63) is 70.3 Å². The van der Waals surface area contributed by atoms with Crippen LogP contribution in [0, 0.1) is 0 Å². The summed E-state index contributed by atoms with van der Waals surface area (Å²) in [6.07, 6.45) is 1.85. The molecule has 0 unspecified atom stereocenters. The summed E-state index contributed by atoms with van der Waals surface area (Å²) in [5.41, 5.74) is 2.62. The van der Waals surface area contributed by atoms with Crippen LogP contribution in [0.15, 0.2) is 59.2 Å². The van der Waals surface area contributed by atoms with Crippen LogP contribution in [-0.2, 0) is 0 Å². The van der Waals surface area contributed by atoms with Crippen LogP contribution in [0.25, 0.3) is 10.9 Å². The van der Waals surface area contributed by atoms with Crippen LogP contribution in [0.1, 0.15) is 28.9 Å². The predicted molar refractivity (Wildman–Crippen MR) is 88.3 cm³/mol. The second kappa shape index (κ2) is 5.74. The Morgan fingerprint density at radius 2 is 1.90 bits per heavy atom. The lowest BCUT2D eigenvalue weighted by Crippen LogP contribution is -2.26. The highest BCUT2D eigenvalue weighted by molar-refractivity contribution is 9.10. The van der Waals surface area contributed by atoms with Crippen molar-refractivity contribution in [1.82, 2.24) is 10.3 Å². The maximum atomic E-state index is 12.5. The molecule has 0 saturated heterocycles. The summed E-state index contributed by atoms with van der Waals surface area (Å²) < 4.78 is 1.03. The normalized spacial score (nSPS) is 12.3. The first kappa shape index (κ1) is 13.9. The number of rotatable bonds is 3. The minimum Gasteiger partial charge on any atom is -0.361 e. The van der Waals surface area contributed by atoms with Gasteiger partial charge in [0, 0.05) is 16.1 Å². The molecule has 0 radical (unpaired) electrons. The van der Waals surface area contributed by atoms with Gasteiger partial charge in [0.2, 0.25) is 0 Å². The Bertz CT molecular complexity index is 777. The lowest BCUT2D eigenvalue weighted by atomic mass is 10.1. The Kier molecular flexibility index (Phi) is 3.80. The van der Waals surface area contributed by atoms with Crippen LogP contribution in [0.5, 0.6) is 0 Å². The van der Waals surface area contributed by atoms with Gasteiger partial charge in [-0.1, -0.05) is 40.2 Å². The standard InChI is InChI=1S/C17H15BrN2O/c1-11(12-5-7-14(18)8-6-12)20-17(21)15-4-2-3-13-9-10-19-16(13)15/h2-11,19H,1H3,(H,20,21)/t11-/m1/s1. The third-order valence-electron chi connectivity index (χ3n) is 3.55. The van der Waals surface area contributed by atoms with Gasteiger partial charge in [0.1, 0.15) is 0 Å². The van der Waals surface area contributed by atoms with Crippen LogP contribution in [0.4, 0.5) is 0 Å². The molecule has 4 heteroatoms. The fourth-order valence-corrected chi connectivity index (χ4v) is 2.65. The van der Waals surface area contributed by atoms with Crippen molar-refractivity contribution in [3.8, 4) is 0 Å². The number of H-pyrrole nitrogens is 1. The molecule has 3 rings (SSSR count). The number of benzene rings is 2. The zero-order chi connectivity index (χ0) is 14.8. The van der Waals surface area contributed by atoms with Gasteiger partial charge in [0.15, 0.2) is 0 Å². The summed E-state index contributed by atoms with van der Waals surface area (Å²) in [4.78, 5) is 15.6. The lowest BCUT2D eigenvalue weighted by Gasteiger charge is -2.15. The van der Waals surface area contributed by atoms with Crippen molar-refractivity contribution >= 4 is 32.7 Å². The van der Waals surface area contributed by atoms with Crippen molar-refractivity contribution in [2.45, 2.75) is 13.0 Å². The third-order valence-corrected chi connectivity index (χ3v) is 4.08. The highest BCUT2D eigenvalue weighted by atomic mass is 79.9. The monoisotopic (exact) mass is 342 g/mol. The van der Waals surface area contributed by atoms with Gasteiger partial charge in [0.25, 0.3) is 5.91 Å². The van der Waals surface area contributed by atoms with E-state index in [2.05, 4.69) is 26.2 Å². The zero-order valence-electron chi connectivity index (χ0n) is 11.6. The van der Waals surface area contributed by atoms with Crippen LogP contribution >= 0.6 is 15.9 Å². The third kappa shape index (κ3) is 2.85. The van der Waals surface area contributed by atoms with Gasteiger partial charge in [-0.15, -0.1) is 0 Å². The average Bonchev–Trinajstić information content (AvgIpc) is 2.96. The van der Waals surface area contributed by atoms with E-state index >= 15 is 0 Å². The van der Waals surface area contributed by atoms with Gasteiger partial charge in [-0.2, -0.15) is 0 Å². The molecule has 2 N–H and O–H groups in total. The number of fused-ring (bicyclic) bond motifs is 1. The highest BCUT2D eigenvalue weighted by Crippen LogP contribution is 2.20. The number of hydrogen-bond donors (Lipinski definition) is 2. The number of aromatic amines is 1. The molecule has 3 nitrogen and oxygen atoms in total. The Hall–Kier alpha value is -2.07. The molecule has 0 aliphatic rings. The van der Waals surface area contributed by atoms with Gasteiger partial charge in [-0.05, 0) is 36.8 Å². The Morgan fingerprint density at radius 1 is 1.14 bits per heavy atom. The maximum absolute atomic E-state index is 12.5. The molecular formula is C17H15BrN2O. The van der Waals surface area contributed by atoms with Crippen LogP contribution in [-0.4, -0.2) is 10.9 Å². The fourth-order valence-electron chi connectivity index (χ4n) is 2.38. The first-order chi connectivity index (χ1) is 10.1. The summed E-state index contributed by atoms with van der Waals surface area (Å²) in [5.74, 6) is -0.0709. The predicted octanol–water partition coefficient (Wildman–Crippen LogP) is 4.42. The summed E-state index contributed by atoms with van der Waals surface area (Å²) in [5, 5.41) is 4.08. The quantitative estimate of drug-likeness (QED) is 0.726. The molecule has 1 amide bonds. The van der Waals surface area contributed by atoms with E-state index < -0.39 is 0 Å². The second-order valence-electron chi connectivity index (χ2n) is 4.99. The lowest BCUT2D eigenvalue weighted by molar-refractivity contribution is 0.0941. The molecule has 21 heavy (non-hydrogen) atoms. The van der Waals surface area contributed by atoms with Gasteiger partial charge in [-0.25, -0.2) is 0 Å². The molecule has 0 aliphatic heterocycles. The average molecular weight is 343 g/mol. The number of aromatic nitrogens is 1. The van der Waals surface area contributed by atoms with E-state index in [0.29, 0.717) is 5.56 Å². The van der Waals surface area contributed by atoms with Crippen LogP contribution in [0.2, 0.25) is 0 Å². The maximum Gasteiger partial charge on any atom is 0.253 e. The van der Waals surface area contributed by atoms with Gasteiger partial charge in [-0.3, -0.25) is 4.79 Å². The van der Waals surface area contributed by atoms with Crippen LogP contribution in [0.3, 0.4) is 0 Å². The Balaban J connectivity index is 1.83. The SMILES string of the molecule is C[C@@H](NC(=O)c1cccc2cc[nH]c12)c1ccc(Br)cc1. The molecule has 1 heterocycles. The number of carbonyl (C=O) groups is 1. The molecule has 1 aromatic heterocycles. The Morgan fingerprint density at radius 3 is 2.67 bits per heavy atom. The van der Waals surface area contributed by atoms with Crippen molar-refractivity contribution in [2.24, 2.45) is 0 Å². The zero-order valence-corrected chi connectivity index (χ0v) is 13.1. The van der Waals surface area contributed by atoms with E-state index in [1.165, 1.54) is 0 Å². The van der Waals surface area contributed by atoms with Crippen molar-refractivity contribution in [2.75, 3.05) is 0 Å². The highest BCUT2D eigenvalue weighted by Gasteiger charge is 2.14. The van der Waals surface area contributed by atoms with E-state index in [0.717, 1.165) is 20.9 Å². The summed E-state index contributed by atoms with van der Waals surface area (Å²) in [7, 11) is 0. The number of halogens is 1. The molecule has 0 saturated carbocycles. The number of amides is 1. The molecule has 0 aliphatic carbocycles. The first-order valence-corrected chi connectivity index (χ1v) is 7.57. The smallest absolute Gasteiger partial charge is 0.253 e. The number of carbonyl (C=O) groups excluding carboxylic acids is 1. The number of para-hydroxylation sites is 1. The van der Waals surface area contributed by atoms with Gasteiger partial charge in [0.05, 0.1) is 17.1 Å². The van der Waals surface area contributed by atoms with E-state index in [1.807, 2.05) is 61.7 Å². The van der Waals surface area contributed by atoms with E-state index in [1.54, 1.807) is 0 Å². The van der Waals surface area contributed by atoms with Gasteiger partial charge >= 0.3 is 0 Å². The summed E-state index contributed by atoms with van der Waals surface area (Å²) in [6, 6.07) is 15.6. The number of nitrogens with one attached hydrogen (secondary N) is 2. The summed E-state index contributed by atoms with van der Waals surface area (Å²) in [6.45, 7) is 1.98. The van der Waals surface area contributed by atoms with Crippen molar-refractivity contribution < 1.29 is 4.79 Å². The second-order valence-corrected chi connectivity index (χ2v) is 5.91. The minimum absolute atomic E-state index is 0.0455. The molecule has 3 aromatic rings. The topological polar surface area (TPSA) is 44.9 Å². The molecular weight excluding hydrogens is 328 g/mol. The minimum atomic E-state index is -0.0709. The fraction of sp³-hybridized carbons (Fsp3) is 0.118. The van der Waals surface area contributed by atoms with E-state index in [9.17, 15) is 4.79 Å². The molecule has 1 atom stereocenters. The molecule has 106 valence electrons. The largest absolute Gasteiger partial charge is 0.361 e. The van der Waals surface area contributed by atoms with E-state index in [4.69, 9.17) is 0 Å². The molecule has 0 fully saturated rings. The van der Waals surface area contributed by atoms with E-state index in [-0.39, 0.29) is 11.9 Å². The molecule has 0 spiro atoms. The van der Waals surface area contributed by atoms with Crippen molar-refractivity contribution in [1.29, 1.82) is 0 Å². The molecule has 2 aromatic carbocycles. The van der Waals surface area contributed by atoms with Crippen molar-refractivity contribution in [3.63, 3.8) is 0 Å². The summed E-state index contributed by atoms with van der Waals surface area (Å²) >= 11 is 3.41. The number of hydrogen-bond acceptors (Lipinski definition) is 1.